The van der Waals surface area contributed by atoms with Gasteiger partial charge in [0.1, 0.15) is 18.4 Å². The summed E-state index contributed by atoms with van der Waals surface area (Å²) in [5.41, 5.74) is 0. The van der Waals surface area contributed by atoms with Crippen LogP contribution in [-0.4, -0.2) is 59.5 Å². The third-order valence-electron chi connectivity index (χ3n) is 3.63. The number of carbonyl (C=O) groups excluding carboxylic acids is 5. The average molecular weight is 517 g/mol. The molecule has 3 atom stereocenters. The Morgan fingerprint density at radius 2 is 1.59 bits per heavy atom. The number of halogens is 3. The molecule has 0 saturated heterocycles. The summed E-state index contributed by atoms with van der Waals surface area (Å²) in [5.74, 6) is -4.82. The first-order valence-electron chi connectivity index (χ1n) is 8.79. The summed E-state index contributed by atoms with van der Waals surface area (Å²) in [7, 11) is 1.12. The Morgan fingerprint density at radius 3 is 2.06 bits per heavy atom. The van der Waals surface area contributed by atoms with E-state index < -0.39 is 58.4 Å². The Labute approximate surface area is 197 Å². The van der Waals surface area contributed by atoms with Gasteiger partial charge in [-0.05, 0) is 12.1 Å². The topological polar surface area (TPSA) is 147 Å². The first-order chi connectivity index (χ1) is 14.8. The van der Waals surface area contributed by atoms with Crippen LogP contribution >= 0.6 is 34.8 Å². The highest BCUT2D eigenvalue weighted by molar-refractivity contribution is 6.76. The van der Waals surface area contributed by atoms with E-state index in [-0.39, 0.29) is 11.5 Å². The quantitative estimate of drug-likeness (QED) is 0.293. The Kier molecular flexibility index (Phi) is 10.3. The maximum Gasteiger partial charge on any atom is 0.373 e. The van der Waals surface area contributed by atoms with Gasteiger partial charge >= 0.3 is 23.9 Å². The maximum atomic E-state index is 12.4. The molecule has 1 aromatic rings. The zero-order valence-corrected chi connectivity index (χ0v) is 19.6. The number of esters is 4. The molecule has 1 amide bonds. The number of furan rings is 1. The Hall–Kier alpha value is -2.50. The van der Waals surface area contributed by atoms with Gasteiger partial charge in [0.25, 0.3) is 9.70 Å². The summed E-state index contributed by atoms with van der Waals surface area (Å²) in [6.45, 7) is 2.64. The number of amides is 1. The molecule has 0 fully saturated rings. The Balaban J connectivity index is 3.52. The normalized spacial score (nSPS) is 13.8. The van der Waals surface area contributed by atoms with Crippen LogP contribution in [0, 0.1) is 0 Å². The molecule has 0 bridgehead atoms. The molecule has 1 rings (SSSR count). The lowest BCUT2D eigenvalue weighted by Crippen LogP contribution is -2.50. The van der Waals surface area contributed by atoms with Crippen molar-refractivity contribution in [2.24, 2.45) is 0 Å². The highest BCUT2D eigenvalue weighted by atomic mass is 35.6. The van der Waals surface area contributed by atoms with E-state index in [4.69, 9.17) is 53.4 Å². The highest BCUT2D eigenvalue weighted by Gasteiger charge is 2.42. The van der Waals surface area contributed by atoms with Crippen LogP contribution in [0.15, 0.2) is 16.5 Å². The Bertz CT molecular complexity index is 863. The molecule has 1 N–H and O–H groups in total. The highest BCUT2D eigenvalue weighted by Crippen LogP contribution is 2.31. The molecule has 0 unspecified atom stereocenters. The van der Waals surface area contributed by atoms with Gasteiger partial charge in [-0.2, -0.15) is 0 Å². The van der Waals surface area contributed by atoms with E-state index in [0.717, 1.165) is 27.9 Å². The fraction of sp³-hybridized carbons (Fsp3) is 0.500. The van der Waals surface area contributed by atoms with Crippen molar-refractivity contribution >= 4 is 64.6 Å². The van der Waals surface area contributed by atoms with E-state index in [2.05, 4.69) is 10.1 Å². The lowest BCUT2D eigenvalue weighted by molar-refractivity contribution is -0.176. The minimum absolute atomic E-state index is 0.153. The van der Waals surface area contributed by atoms with Gasteiger partial charge in [0, 0.05) is 20.8 Å². The van der Waals surface area contributed by atoms with Crippen LogP contribution in [0.4, 0.5) is 0 Å². The SMILES string of the molecule is COC(=O)c1ccc([C@H](NC(=O)C(Cl)(Cl)Cl)[C@H](OC(C)=O)[C@@H](COC(C)=O)OC(C)=O)o1. The number of carbonyl (C=O) groups is 5. The molecule has 0 aliphatic carbocycles. The summed E-state index contributed by atoms with van der Waals surface area (Å²) in [5, 5.41) is 2.30. The number of hydrogen-bond acceptors (Lipinski definition) is 10. The van der Waals surface area contributed by atoms with Crippen LogP contribution in [0.5, 0.6) is 0 Å². The molecule has 32 heavy (non-hydrogen) atoms. The van der Waals surface area contributed by atoms with Crippen molar-refractivity contribution in [2.75, 3.05) is 13.7 Å². The number of ether oxygens (including phenoxy) is 4. The van der Waals surface area contributed by atoms with Crippen LogP contribution < -0.4 is 5.32 Å². The van der Waals surface area contributed by atoms with Gasteiger partial charge in [0.15, 0.2) is 12.2 Å². The standard InChI is InChI=1S/C18H20Cl3NO10/c1-8(23)29-7-13(30-9(2)24)15(31-10(3)25)14(22-17(27)18(19,20)21)11-5-6-12(32-11)16(26)28-4/h5-6,13-15H,7H2,1-4H3,(H,22,27)/t13-,14+,15-/m1/s1. The molecule has 0 aliphatic rings. The van der Waals surface area contributed by atoms with Gasteiger partial charge in [-0.3, -0.25) is 19.2 Å². The number of methoxy groups -OCH3 is 1. The van der Waals surface area contributed by atoms with Crippen molar-refractivity contribution < 1.29 is 47.3 Å². The molecule has 0 radical (unpaired) electrons. The van der Waals surface area contributed by atoms with Gasteiger partial charge in [0.05, 0.1) is 7.11 Å². The molecule has 0 saturated carbocycles. The third-order valence-corrected chi connectivity index (χ3v) is 4.14. The monoisotopic (exact) mass is 515 g/mol. The van der Waals surface area contributed by atoms with Crippen LogP contribution in [0.25, 0.3) is 0 Å². The fourth-order valence-electron chi connectivity index (χ4n) is 2.43. The van der Waals surface area contributed by atoms with E-state index in [1.807, 2.05) is 0 Å². The zero-order valence-electron chi connectivity index (χ0n) is 17.3. The van der Waals surface area contributed by atoms with E-state index in [0.29, 0.717) is 0 Å². The molecule has 0 aliphatic heterocycles. The number of hydrogen-bond donors (Lipinski definition) is 1. The molecule has 11 nitrogen and oxygen atoms in total. The van der Waals surface area contributed by atoms with Gasteiger partial charge in [-0.1, -0.05) is 34.8 Å². The van der Waals surface area contributed by atoms with E-state index in [1.165, 1.54) is 12.1 Å². The van der Waals surface area contributed by atoms with Crippen molar-refractivity contribution in [3.8, 4) is 0 Å². The van der Waals surface area contributed by atoms with Crippen molar-refractivity contribution in [3.05, 3.63) is 23.7 Å². The van der Waals surface area contributed by atoms with E-state index in [1.54, 1.807) is 0 Å². The van der Waals surface area contributed by atoms with Gasteiger partial charge in [-0.25, -0.2) is 4.79 Å². The van der Waals surface area contributed by atoms with Gasteiger partial charge in [0.2, 0.25) is 5.76 Å². The first kappa shape index (κ1) is 27.5. The Morgan fingerprint density at radius 1 is 1.00 bits per heavy atom. The zero-order chi connectivity index (χ0) is 24.6. The van der Waals surface area contributed by atoms with Crippen LogP contribution in [-0.2, 0) is 38.1 Å². The molecular formula is C18H20Cl3NO10. The summed E-state index contributed by atoms with van der Waals surface area (Å²) >= 11 is 16.9. The predicted molar refractivity (Wildman–Crippen MR) is 109 cm³/mol. The summed E-state index contributed by atoms with van der Waals surface area (Å²) in [6, 6.07) is 1.01. The smallest absolute Gasteiger partial charge is 0.373 e. The second-order valence-electron chi connectivity index (χ2n) is 6.17. The van der Waals surface area contributed by atoms with Crippen molar-refractivity contribution in [1.82, 2.24) is 5.32 Å². The lowest BCUT2D eigenvalue weighted by atomic mass is 10.0. The minimum atomic E-state index is -2.44. The first-order valence-corrected chi connectivity index (χ1v) is 9.93. The van der Waals surface area contributed by atoms with Crippen LogP contribution in [0.3, 0.4) is 0 Å². The van der Waals surface area contributed by atoms with Crippen molar-refractivity contribution in [1.29, 1.82) is 0 Å². The van der Waals surface area contributed by atoms with Crippen LogP contribution in [0.2, 0.25) is 0 Å². The second kappa shape index (κ2) is 11.9. The van der Waals surface area contributed by atoms with E-state index in [9.17, 15) is 24.0 Å². The molecule has 14 heteroatoms. The molecule has 0 spiro atoms. The molecule has 0 aromatic carbocycles. The second-order valence-corrected chi connectivity index (χ2v) is 8.45. The van der Waals surface area contributed by atoms with Crippen LogP contribution in [0.1, 0.15) is 43.1 Å². The molecule has 1 aromatic heterocycles. The number of alkyl halides is 3. The minimum Gasteiger partial charge on any atom is -0.463 e. The van der Waals surface area contributed by atoms with Gasteiger partial charge in [-0.15, -0.1) is 0 Å². The molecule has 1 heterocycles. The predicted octanol–water partition coefficient (Wildman–Crippen LogP) is 2.02. The molecule has 178 valence electrons. The number of rotatable bonds is 9. The number of nitrogens with one attached hydrogen (secondary N) is 1. The van der Waals surface area contributed by atoms with Crippen molar-refractivity contribution in [3.63, 3.8) is 0 Å². The summed E-state index contributed by atoms with van der Waals surface area (Å²) in [6.07, 6.45) is -2.96. The average Bonchev–Trinajstić information content (AvgIpc) is 3.15. The fourth-order valence-corrected chi connectivity index (χ4v) is 2.59. The largest absolute Gasteiger partial charge is 0.463 e. The van der Waals surface area contributed by atoms with Crippen molar-refractivity contribution in [2.45, 2.75) is 42.8 Å². The summed E-state index contributed by atoms with van der Waals surface area (Å²) < 4.78 is 22.8. The van der Waals surface area contributed by atoms with Gasteiger partial charge < -0.3 is 28.7 Å². The maximum absolute atomic E-state index is 12.4. The van der Waals surface area contributed by atoms with E-state index >= 15 is 0 Å². The molecular weight excluding hydrogens is 497 g/mol. The summed E-state index contributed by atoms with van der Waals surface area (Å²) in [4.78, 5) is 58.8. The third kappa shape index (κ3) is 8.56. The lowest BCUT2D eigenvalue weighted by Gasteiger charge is -2.32.